The van der Waals surface area contributed by atoms with Crippen LogP contribution in [0.5, 0.6) is 5.75 Å². The number of thiophene rings is 1. The fourth-order valence-electron chi connectivity index (χ4n) is 3.96. The zero-order valence-corrected chi connectivity index (χ0v) is 20.1. The van der Waals surface area contributed by atoms with Gasteiger partial charge in [-0.2, -0.15) is 0 Å². The number of rotatable bonds is 9. The molecule has 2 amide bonds. The highest BCUT2D eigenvalue weighted by Crippen LogP contribution is 2.18. The lowest BCUT2D eigenvalue weighted by Gasteiger charge is -2.28. The van der Waals surface area contributed by atoms with Gasteiger partial charge in [0.25, 0.3) is 11.8 Å². The van der Waals surface area contributed by atoms with E-state index >= 15 is 0 Å². The number of hydrogen-bond donors (Lipinski definition) is 2. The molecule has 1 aliphatic heterocycles. The number of fused-ring (bicyclic) bond motifs is 1. The largest absolute Gasteiger partial charge is 0.497 e. The molecule has 176 valence electrons. The number of benzene rings is 2. The lowest BCUT2D eigenvalue weighted by molar-refractivity contribution is -0.117. The highest BCUT2D eigenvalue weighted by molar-refractivity contribution is 7.10. The molecular weight excluding hydrogens is 446 g/mol. The molecule has 0 spiro atoms. The van der Waals surface area contributed by atoms with E-state index in [1.165, 1.54) is 22.5 Å². The fraction of sp³-hybridized carbons (Fsp3) is 0.259. The summed E-state index contributed by atoms with van der Waals surface area (Å²) in [6.07, 6.45) is 3.61. The Kier molecular flexibility index (Phi) is 8.12. The van der Waals surface area contributed by atoms with Gasteiger partial charge in [-0.25, -0.2) is 0 Å². The minimum Gasteiger partial charge on any atom is -0.497 e. The minimum atomic E-state index is -0.340. The van der Waals surface area contributed by atoms with E-state index in [0.29, 0.717) is 17.9 Å². The highest BCUT2D eigenvalue weighted by Gasteiger charge is 2.17. The van der Waals surface area contributed by atoms with Crippen LogP contribution in [0.2, 0.25) is 0 Å². The first-order chi connectivity index (χ1) is 16.6. The highest BCUT2D eigenvalue weighted by atomic mass is 32.1. The summed E-state index contributed by atoms with van der Waals surface area (Å²) in [5, 5.41) is 7.67. The molecule has 6 nitrogen and oxygen atoms in total. The predicted octanol–water partition coefficient (Wildman–Crippen LogP) is 4.09. The Hall–Kier alpha value is -3.42. The Morgan fingerprint density at radius 3 is 2.59 bits per heavy atom. The summed E-state index contributed by atoms with van der Waals surface area (Å²) in [5.74, 6) is 0.0349. The van der Waals surface area contributed by atoms with E-state index in [4.69, 9.17) is 4.74 Å². The van der Waals surface area contributed by atoms with Crippen LogP contribution < -0.4 is 15.4 Å². The third-order valence-electron chi connectivity index (χ3n) is 5.82. The summed E-state index contributed by atoms with van der Waals surface area (Å²) in [5.41, 5.74) is 3.51. The zero-order chi connectivity index (χ0) is 23.8. The SMILES string of the molecule is COc1ccc(C(=O)N/C(=C\c2cccs2)C(=O)NCCCN2CCc3ccccc3C2)cc1. The van der Waals surface area contributed by atoms with E-state index in [1.54, 1.807) is 37.5 Å². The van der Waals surface area contributed by atoms with Crippen LogP contribution in [-0.2, 0) is 17.8 Å². The summed E-state index contributed by atoms with van der Waals surface area (Å²) in [6, 6.07) is 19.2. The molecule has 0 saturated heterocycles. The molecule has 0 radical (unpaired) electrons. The predicted molar refractivity (Wildman–Crippen MR) is 136 cm³/mol. The molecule has 0 aliphatic carbocycles. The zero-order valence-electron chi connectivity index (χ0n) is 19.3. The van der Waals surface area contributed by atoms with E-state index in [9.17, 15) is 9.59 Å². The summed E-state index contributed by atoms with van der Waals surface area (Å²) < 4.78 is 5.15. The van der Waals surface area contributed by atoms with Crippen molar-refractivity contribution >= 4 is 29.2 Å². The number of amides is 2. The van der Waals surface area contributed by atoms with Crippen LogP contribution in [0.4, 0.5) is 0 Å². The van der Waals surface area contributed by atoms with Crippen molar-refractivity contribution in [3.05, 3.63) is 93.3 Å². The molecule has 0 bridgehead atoms. The van der Waals surface area contributed by atoms with Crippen LogP contribution >= 0.6 is 11.3 Å². The summed E-state index contributed by atoms with van der Waals surface area (Å²) in [4.78, 5) is 29.0. The van der Waals surface area contributed by atoms with Crippen molar-refractivity contribution in [3.8, 4) is 5.75 Å². The molecule has 0 saturated carbocycles. The molecule has 1 aromatic heterocycles. The van der Waals surface area contributed by atoms with Gasteiger partial charge < -0.3 is 15.4 Å². The van der Waals surface area contributed by atoms with Crippen molar-refractivity contribution in [3.63, 3.8) is 0 Å². The second-order valence-electron chi connectivity index (χ2n) is 8.16. The van der Waals surface area contributed by atoms with Gasteiger partial charge in [-0.3, -0.25) is 14.5 Å². The fourth-order valence-corrected chi connectivity index (χ4v) is 4.61. The maximum absolute atomic E-state index is 12.9. The first kappa shape index (κ1) is 23.7. The van der Waals surface area contributed by atoms with Crippen molar-refractivity contribution in [2.24, 2.45) is 0 Å². The number of hydrogen-bond acceptors (Lipinski definition) is 5. The molecule has 4 rings (SSSR count). The third-order valence-corrected chi connectivity index (χ3v) is 6.64. The Morgan fingerprint density at radius 1 is 1.06 bits per heavy atom. The summed E-state index contributed by atoms with van der Waals surface area (Å²) in [6.45, 7) is 3.44. The van der Waals surface area contributed by atoms with E-state index in [2.05, 4.69) is 39.8 Å². The van der Waals surface area contributed by atoms with Gasteiger partial charge in [0, 0.05) is 36.6 Å². The van der Waals surface area contributed by atoms with Crippen LogP contribution in [0.1, 0.15) is 32.8 Å². The third kappa shape index (κ3) is 6.34. The molecule has 2 heterocycles. The average molecular weight is 476 g/mol. The van der Waals surface area contributed by atoms with Gasteiger partial charge in [-0.15, -0.1) is 11.3 Å². The van der Waals surface area contributed by atoms with Gasteiger partial charge in [0.1, 0.15) is 11.4 Å². The molecule has 34 heavy (non-hydrogen) atoms. The van der Waals surface area contributed by atoms with Crippen LogP contribution in [-0.4, -0.2) is 43.5 Å². The molecular formula is C27H29N3O3S. The Balaban J connectivity index is 1.32. The van der Waals surface area contributed by atoms with E-state index in [-0.39, 0.29) is 17.5 Å². The first-order valence-corrected chi connectivity index (χ1v) is 12.3. The van der Waals surface area contributed by atoms with Crippen molar-refractivity contribution in [2.45, 2.75) is 19.4 Å². The number of nitrogens with one attached hydrogen (secondary N) is 2. The van der Waals surface area contributed by atoms with Gasteiger partial charge in [0.05, 0.1) is 7.11 Å². The molecule has 0 unspecified atom stereocenters. The lowest BCUT2D eigenvalue weighted by Crippen LogP contribution is -2.37. The number of carbonyl (C=O) groups excluding carboxylic acids is 2. The standard InChI is InChI=1S/C27H29N3O3S/c1-33-23-11-9-21(10-12-23)26(31)29-25(18-24-8-4-17-34-24)27(32)28-14-5-15-30-16-13-20-6-2-3-7-22(20)19-30/h2-4,6-12,17-18H,5,13-16,19H2,1H3,(H,28,32)(H,29,31)/b25-18-. The quantitative estimate of drug-likeness (QED) is 0.361. The van der Waals surface area contributed by atoms with Gasteiger partial charge in [0.2, 0.25) is 0 Å². The topological polar surface area (TPSA) is 70.7 Å². The van der Waals surface area contributed by atoms with Crippen LogP contribution in [0.15, 0.2) is 71.7 Å². The monoisotopic (exact) mass is 475 g/mol. The maximum atomic E-state index is 12.9. The van der Waals surface area contributed by atoms with E-state index < -0.39 is 0 Å². The van der Waals surface area contributed by atoms with Gasteiger partial charge in [-0.1, -0.05) is 30.3 Å². The van der Waals surface area contributed by atoms with E-state index in [0.717, 1.165) is 37.4 Å². The van der Waals surface area contributed by atoms with Crippen LogP contribution in [0, 0.1) is 0 Å². The van der Waals surface area contributed by atoms with Crippen molar-refractivity contribution in [1.29, 1.82) is 0 Å². The molecule has 3 aromatic rings. The van der Waals surface area contributed by atoms with Crippen molar-refractivity contribution in [1.82, 2.24) is 15.5 Å². The Morgan fingerprint density at radius 2 is 1.85 bits per heavy atom. The molecule has 1 aliphatic rings. The Labute approximate surface area is 204 Å². The van der Waals surface area contributed by atoms with Crippen LogP contribution in [0.25, 0.3) is 6.08 Å². The molecule has 2 N–H and O–H groups in total. The summed E-state index contributed by atoms with van der Waals surface area (Å²) in [7, 11) is 1.57. The molecule has 7 heteroatoms. The second kappa shape index (κ2) is 11.6. The van der Waals surface area contributed by atoms with E-state index in [1.807, 2.05) is 17.5 Å². The second-order valence-corrected chi connectivity index (χ2v) is 9.14. The molecule has 0 atom stereocenters. The smallest absolute Gasteiger partial charge is 0.267 e. The molecule has 2 aromatic carbocycles. The number of ether oxygens (including phenoxy) is 1. The molecule has 0 fully saturated rings. The van der Waals surface area contributed by atoms with Gasteiger partial charge in [-0.05, 0) is 65.8 Å². The number of methoxy groups -OCH3 is 1. The summed E-state index contributed by atoms with van der Waals surface area (Å²) >= 11 is 1.51. The van der Waals surface area contributed by atoms with Gasteiger partial charge >= 0.3 is 0 Å². The first-order valence-electron chi connectivity index (χ1n) is 11.4. The van der Waals surface area contributed by atoms with Gasteiger partial charge in [0.15, 0.2) is 0 Å². The number of nitrogens with zero attached hydrogens (tertiary/aromatic N) is 1. The lowest BCUT2D eigenvalue weighted by atomic mass is 10.00. The number of carbonyl (C=O) groups is 2. The Bertz CT molecular complexity index is 1140. The maximum Gasteiger partial charge on any atom is 0.267 e. The van der Waals surface area contributed by atoms with Crippen LogP contribution in [0.3, 0.4) is 0 Å². The normalized spacial score (nSPS) is 13.7. The van der Waals surface area contributed by atoms with Crippen molar-refractivity contribution < 1.29 is 14.3 Å². The van der Waals surface area contributed by atoms with Crippen molar-refractivity contribution in [2.75, 3.05) is 26.7 Å². The minimum absolute atomic E-state index is 0.232. The average Bonchev–Trinajstić information content (AvgIpc) is 3.39.